The predicted octanol–water partition coefficient (Wildman–Crippen LogP) is 2.30. The maximum Gasteiger partial charge on any atom is 0.471 e. The normalized spacial score (nSPS) is 13.3. The minimum absolute atomic E-state index is 0. The van der Waals surface area contributed by atoms with Crippen LogP contribution in [0.3, 0.4) is 0 Å². The van der Waals surface area contributed by atoms with Crippen LogP contribution in [0.5, 0.6) is 0 Å². The first-order chi connectivity index (χ1) is 8.02. The molecule has 0 bridgehead atoms. The molecule has 0 saturated carbocycles. The van der Waals surface area contributed by atoms with Crippen LogP contribution in [0.2, 0.25) is 0 Å². The first-order valence-electron chi connectivity index (χ1n) is 5.36. The standard InChI is InChI=1S/C9H20NO6P.CH4/c1-14-9(11)10-7-5-3-4-6-8-16-17(12,13)15-2;/h3-8H2,1-2H3,(H,10,11)(H,12,13);1H4. The van der Waals surface area contributed by atoms with Crippen LogP contribution >= 0.6 is 7.82 Å². The van der Waals surface area contributed by atoms with E-state index in [1.165, 1.54) is 7.11 Å². The Labute approximate surface area is 108 Å². The Morgan fingerprint density at radius 2 is 1.83 bits per heavy atom. The summed E-state index contributed by atoms with van der Waals surface area (Å²) in [6, 6.07) is 0. The second kappa shape index (κ2) is 11.5. The zero-order chi connectivity index (χ0) is 13.1. The Hall–Kier alpha value is -0.620. The lowest BCUT2D eigenvalue weighted by molar-refractivity contribution is 0.168. The van der Waals surface area contributed by atoms with Gasteiger partial charge in [0.15, 0.2) is 0 Å². The van der Waals surface area contributed by atoms with E-state index < -0.39 is 13.9 Å². The molecule has 0 spiro atoms. The smallest absolute Gasteiger partial charge is 0.453 e. The molecule has 0 aliphatic carbocycles. The first kappa shape index (κ1) is 19.7. The fraction of sp³-hybridized carbons (Fsp3) is 0.900. The molecular weight excluding hydrogens is 261 g/mol. The summed E-state index contributed by atoms with van der Waals surface area (Å²) in [5, 5.41) is 2.56. The van der Waals surface area contributed by atoms with E-state index in [0.717, 1.165) is 26.4 Å². The zero-order valence-electron chi connectivity index (χ0n) is 10.2. The molecule has 2 N–H and O–H groups in total. The summed E-state index contributed by atoms with van der Waals surface area (Å²) in [6.07, 6.45) is 2.82. The summed E-state index contributed by atoms with van der Waals surface area (Å²) in [5.41, 5.74) is 0. The Balaban J connectivity index is 0. The van der Waals surface area contributed by atoms with Gasteiger partial charge in [-0.1, -0.05) is 20.3 Å². The molecule has 0 rings (SSSR count). The van der Waals surface area contributed by atoms with E-state index in [4.69, 9.17) is 4.89 Å². The van der Waals surface area contributed by atoms with Crippen LogP contribution in [0.15, 0.2) is 0 Å². The number of hydrogen-bond donors (Lipinski definition) is 2. The van der Waals surface area contributed by atoms with E-state index in [1.54, 1.807) is 0 Å². The number of methoxy groups -OCH3 is 1. The maximum atomic E-state index is 10.9. The largest absolute Gasteiger partial charge is 0.471 e. The SMILES string of the molecule is C.COC(=O)NCCCCCCOP(=O)(O)OC. The van der Waals surface area contributed by atoms with Gasteiger partial charge in [-0.2, -0.15) is 0 Å². The molecule has 0 aromatic rings. The van der Waals surface area contributed by atoms with Crippen molar-refractivity contribution in [3.63, 3.8) is 0 Å². The molecule has 7 nitrogen and oxygen atoms in total. The van der Waals surface area contributed by atoms with Gasteiger partial charge in [-0.3, -0.25) is 9.05 Å². The number of hydrogen-bond acceptors (Lipinski definition) is 5. The lowest BCUT2D eigenvalue weighted by Crippen LogP contribution is -2.23. The van der Waals surface area contributed by atoms with Crippen LogP contribution in [0, 0.1) is 0 Å². The quantitative estimate of drug-likeness (QED) is 0.498. The van der Waals surface area contributed by atoms with E-state index in [0.29, 0.717) is 13.0 Å². The highest BCUT2D eigenvalue weighted by Crippen LogP contribution is 2.41. The molecule has 1 unspecified atom stereocenters. The number of ether oxygens (including phenoxy) is 1. The number of unbranched alkanes of at least 4 members (excludes halogenated alkanes) is 3. The molecule has 1 atom stereocenters. The summed E-state index contributed by atoms with van der Waals surface area (Å²) >= 11 is 0. The van der Waals surface area contributed by atoms with E-state index in [-0.39, 0.29) is 14.0 Å². The van der Waals surface area contributed by atoms with Gasteiger partial charge in [-0.15, -0.1) is 0 Å². The number of alkyl carbamates (subject to hydrolysis) is 1. The van der Waals surface area contributed by atoms with Crippen LogP contribution in [-0.4, -0.2) is 38.4 Å². The van der Waals surface area contributed by atoms with E-state index in [2.05, 4.69) is 19.1 Å². The highest BCUT2D eigenvalue weighted by Gasteiger charge is 2.17. The molecule has 18 heavy (non-hydrogen) atoms. The lowest BCUT2D eigenvalue weighted by Gasteiger charge is -2.08. The maximum absolute atomic E-state index is 10.9. The Kier molecular flexibility index (Phi) is 12.6. The number of amides is 1. The van der Waals surface area contributed by atoms with Crippen molar-refractivity contribution in [1.82, 2.24) is 5.32 Å². The van der Waals surface area contributed by atoms with Crippen LogP contribution in [0.1, 0.15) is 33.1 Å². The first-order valence-corrected chi connectivity index (χ1v) is 6.86. The molecule has 110 valence electrons. The van der Waals surface area contributed by atoms with Gasteiger partial charge in [0.2, 0.25) is 0 Å². The van der Waals surface area contributed by atoms with Gasteiger partial charge in [0, 0.05) is 13.7 Å². The van der Waals surface area contributed by atoms with Crippen molar-refractivity contribution in [2.45, 2.75) is 33.1 Å². The number of nitrogens with one attached hydrogen (secondary N) is 1. The summed E-state index contributed by atoms with van der Waals surface area (Å²) < 4.78 is 24.2. The van der Waals surface area contributed by atoms with E-state index in [1.807, 2.05) is 0 Å². The van der Waals surface area contributed by atoms with Crippen LogP contribution in [-0.2, 0) is 18.3 Å². The predicted molar refractivity (Wildman–Crippen MR) is 68.4 cm³/mol. The average molecular weight is 285 g/mol. The molecule has 0 aliphatic heterocycles. The van der Waals surface area contributed by atoms with Gasteiger partial charge in [0.05, 0.1) is 13.7 Å². The van der Waals surface area contributed by atoms with Crippen molar-refractivity contribution < 1.29 is 28.0 Å². The molecule has 0 fully saturated rings. The van der Waals surface area contributed by atoms with Crippen LogP contribution < -0.4 is 5.32 Å². The molecule has 0 aromatic heterocycles. The van der Waals surface area contributed by atoms with Gasteiger partial charge >= 0.3 is 13.9 Å². The Bertz CT molecular complexity index is 261. The fourth-order valence-electron chi connectivity index (χ4n) is 1.08. The topological polar surface area (TPSA) is 94.1 Å². The minimum atomic E-state index is -3.83. The molecule has 0 saturated heterocycles. The van der Waals surface area contributed by atoms with Gasteiger partial charge in [0.25, 0.3) is 0 Å². The van der Waals surface area contributed by atoms with Crippen molar-refractivity contribution in [3.8, 4) is 0 Å². The lowest BCUT2D eigenvalue weighted by atomic mass is 10.2. The highest BCUT2D eigenvalue weighted by molar-refractivity contribution is 7.47. The number of phosphoric acid groups is 1. The van der Waals surface area contributed by atoms with Gasteiger partial charge in [-0.05, 0) is 12.8 Å². The van der Waals surface area contributed by atoms with E-state index >= 15 is 0 Å². The summed E-state index contributed by atoms with van der Waals surface area (Å²) in [7, 11) is -1.39. The summed E-state index contributed by atoms with van der Waals surface area (Å²) in [6.45, 7) is 0.746. The molecule has 1 amide bonds. The number of phosphoric ester groups is 1. The minimum Gasteiger partial charge on any atom is -0.453 e. The monoisotopic (exact) mass is 285 g/mol. The van der Waals surface area contributed by atoms with Crippen molar-refractivity contribution in [2.75, 3.05) is 27.4 Å². The van der Waals surface area contributed by atoms with Crippen LogP contribution in [0.25, 0.3) is 0 Å². The molecular formula is C10H24NO6P. The van der Waals surface area contributed by atoms with Gasteiger partial charge in [0.1, 0.15) is 0 Å². The number of carbonyl (C=O) groups is 1. The van der Waals surface area contributed by atoms with Crippen LogP contribution in [0.4, 0.5) is 4.79 Å². The second-order valence-electron chi connectivity index (χ2n) is 3.32. The van der Waals surface area contributed by atoms with Gasteiger partial charge in [-0.25, -0.2) is 9.36 Å². The fourth-order valence-corrected chi connectivity index (χ4v) is 1.54. The Morgan fingerprint density at radius 1 is 1.22 bits per heavy atom. The number of carbonyl (C=O) groups excluding carboxylic acids is 1. The third-order valence-electron chi connectivity index (χ3n) is 2.01. The van der Waals surface area contributed by atoms with Crippen molar-refractivity contribution in [3.05, 3.63) is 0 Å². The average Bonchev–Trinajstić information content (AvgIpc) is 2.32. The highest BCUT2D eigenvalue weighted by atomic mass is 31.2. The summed E-state index contributed by atoms with van der Waals surface area (Å²) in [4.78, 5) is 19.6. The number of rotatable bonds is 9. The molecule has 0 aromatic carbocycles. The molecule has 0 aliphatic rings. The third-order valence-corrected chi connectivity index (χ3v) is 2.98. The van der Waals surface area contributed by atoms with Gasteiger partial charge < -0.3 is 14.9 Å². The van der Waals surface area contributed by atoms with Crippen molar-refractivity contribution in [1.29, 1.82) is 0 Å². The van der Waals surface area contributed by atoms with E-state index in [9.17, 15) is 9.36 Å². The van der Waals surface area contributed by atoms with Crippen molar-refractivity contribution in [2.24, 2.45) is 0 Å². The van der Waals surface area contributed by atoms with Crippen molar-refractivity contribution >= 4 is 13.9 Å². The molecule has 0 heterocycles. The Morgan fingerprint density at radius 3 is 2.39 bits per heavy atom. The summed E-state index contributed by atoms with van der Waals surface area (Å²) in [5.74, 6) is 0. The second-order valence-corrected chi connectivity index (χ2v) is 4.88. The third kappa shape index (κ3) is 11.9. The molecule has 8 heteroatoms. The molecule has 0 radical (unpaired) electrons. The zero-order valence-corrected chi connectivity index (χ0v) is 11.1.